The molecule has 0 N–H and O–H groups in total. The number of benzene rings is 9. The summed E-state index contributed by atoms with van der Waals surface area (Å²) >= 11 is 0. The fourth-order valence-corrected chi connectivity index (χ4v) is 9.93. The molecule has 0 unspecified atom stereocenters. The SMILES string of the molecule is CC1(C)c2ccccc2-c2c1ccc(-c1ccccc1)c2-n1c2ccccc2c2ccc(N(c3ccc(-c4ccccc4)cc3)c3ccc4c(c3)oc3ccccc34)cc21. The predicted octanol–water partition coefficient (Wildman–Crippen LogP) is 15.8. The van der Waals surface area contributed by atoms with E-state index in [-0.39, 0.29) is 5.41 Å². The first-order valence-electron chi connectivity index (χ1n) is 20.8. The van der Waals surface area contributed by atoms with Gasteiger partial charge in [-0.25, -0.2) is 0 Å². The van der Waals surface area contributed by atoms with Crippen LogP contribution in [0.25, 0.3) is 82.8 Å². The van der Waals surface area contributed by atoms with Crippen LogP contribution < -0.4 is 4.90 Å². The third kappa shape index (κ3) is 5.15. The van der Waals surface area contributed by atoms with E-state index in [1.165, 1.54) is 66.5 Å². The van der Waals surface area contributed by atoms with Crippen molar-refractivity contribution in [2.24, 2.45) is 0 Å². The van der Waals surface area contributed by atoms with E-state index in [2.05, 4.69) is 217 Å². The lowest BCUT2D eigenvalue weighted by Crippen LogP contribution is -2.15. The molecule has 0 aliphatic heterocycles. The molecule has 3 heteroatoms. The Morgan fingerprint density at radius 1 is 0.400 bits per heavy atom. The van der Waals surface area contributed by atoms with Crippen LogP contribution in [0.3, 0.4) is 0 Å². The zero-order valence-electron chi connectivity index (χ0n) is 33.4. The molecule has 1 aliphatic rings. The van der Waals surface area contributed by atoms with Crippen molar-refractivity contribution in [3.05, 3.63) is 217 Å². The molecule has 0 saturated carbocycles. The summed E-state index contributed by atoms with van der Waals surface area (Å²) in [6.07, 6.45) is 0. The van der Waals surface area contributed by atoms with E-state index in [0.717, 1.165) is 44.5 Å². The average molecular weight is 769 g/mol. The van der Waals surface area contributed by atoms with Gasteiger partial charge in [-0.3, -0.25) is 0 Å². The van der Waals surface area contributed by atoms with E-state index in [9.17, 15) is 0 Å². The molecular formula is C57H40N2O. The number of hydrogen-bond donors (Lipinski definition) is 0. The second-order valence-electron chi connectivity index (χ2n) is 16.5. The van der Waals surface area contributed by atoms with Gasteiger partial charge in [0.25, 0.3) is 0 Å². The summed E-state index contributed by atoms with van der Waals surface area (Å²) in [6.45, 7) is 4.74. The summed E-state index contributed by atoms with van der Waals surface area (Å²) < 4.78 is 9.04. The van der Waals surface area contributed by atoms with Crippen LogP contribution in [0.15, 0.2) is 211 Å². The van der Waals surface area contributed by atoms with E-state index < -0.39 is 0 Å². The normalized spacial score (nSPS) is 13.0. The number of para-hydroxylation sites is 2. The van der Waals surface area contributed by atoms with Crippen molar-refractivity contribution in [1.82, 2.24) is 4.57 Å². The van der Waals surface area contributed by atoms with Crippen LogP contribution >= 0.6 is 0 Å². The Balaban J connectivity index is 1.14. The molecule has 284 valence electrons. The molecule has 3 nitrogen and oxygen atoms in total. The summed E-state index contributed by atoms with van der Waals surface area (Å²) in [5.41, 5.74) is 18.4. The molecule has 12 rings (SSSR count). The fraction of sp³-hybridized carbons (Fsp3) is 0.0526. The maximum absolute atomic E-state index is 6.49. The Bertz CT molecular complexity index is 3450. The zero-order valence-corrected chi connectivity index (χ0v) is 33.4. The predicted molar refractivity (Wildman–Crippen MR) is 251 cm³/mol. The monoisotopic (exact) mass is 768 g/mol. The van der Waals surface area contributed by atoms with Crippen molar-refractivity contribution in [3.8, 4) is 39.1 Å². The molecule has 9 aromatic carbocycles. The summed E-state index contributed by atoms with van der Waals surface area (Å²) in [5, 5.41) is 4.67. The van der Waals surface area contributed by atoms with Crippen molar-refractivity contribution >= 4 is 60.8 Å². The molecule has 0 saturated heterocycles. The number of fused-ring (bicyclic) bond motifs is 9. The lowest BCUT2D eigenvalue weighted by atomic mass is 9.82. The minimum atomic E-state index is -0.155. The minimum Gasteiger partial charge on any atom is -0.456 e. The molecule has 0 amide bonds. The Labute approximate surface area is 349 Å². The van der Waals surface area contributed by atoms with Crippen molar-refractivity contribution in [2.45, 2.75) is 19.3 Å². The van der Waals surface area contributed by atoms with Crippen LogP contribution in [0.2, 0.25) is 0 Å². The highest BCUT2D eigenvalue weighted by Crippen LogP contribution is 2.54. The summed E-state index contributed by atoms with van der Waals surface area (Å²) in [6, 6.07) is 74.9. The molecule has 0 fully saturated rings. The molecule has 1 aliphatic carbocycles. The number of anilines is 3. The van der Waals surface area contributed by atoms with Gasteiger partial charge in [-0.2, -0.15) is 0 Å². The largest absolute Gasteiger partial charge is 0.456 e. The van der Waals surface area contributed by atoms with Crippen molar-refractivity contribution < 1.29 is 4.42 Å². The standard InChI is InChI=1S/C57H40N2O/c1-57(2)49-22-12-9-21-48(49)55-50(57)34-33-43(39-17-7-4-8-18-39)56(55)59-51-23-13-10-19-44(51)45-31-29-41(35-52(45)59)58(40-27-25-38(26-28-40)37-15-5-3-6-16-37)42-30-32-47-46-20-11-14-24-53(46)60-54(47)36-42/h3-36H,1-2H3. The van der Waals surface area contributed by atoms with Gasteiger partial charge in [0.05, 0.1) is 16.7 Å². The number of aromatic nitrogens is 1. The number of rotatable bonds is 6. The topological polar surface area (TPSA) is 21.3 Å². The molecule has 2 heterocycles. The first kappa shape index (κ1) is 34.4. The Morgan fingerprint density at radius 2 is 0.983 bits per heavy atom. The van der Waals surface area contributed by atoms with E-state index in [1.807, 2.05) is 12.1 Å². The van der Waals surface area contributed by atoms with Crippen LogP contribution in [-0.4, -0.2) is 4.57 Å². The maximum atomic E-state index is 6.49. The van der Waals surface area contributed by atoms with E-state index >= 15 is 0 Å². The van der Waals surface area contributed by atoms with Crippen LogP contribution in [0.1, 0.15) is 25.0 Å². The lowest BCUT2D eigenvalue weighted by Gasteiger charge is -2.26. The van der Waals surface area contributed by atoms with Crippen molar-refractivity contribution in [2.75, 3.05) is 4.90 Å². The van der Waals surface area contributed by atoms with E-state index in [4.69, 9.17) is 4.42 Å². The highest BCUT2D eigenvalue weighted by Gasteiger charge is 2.38. The van der Waals surface area contributed by atoms with Gasteiger partial charge in [0, 0.05) is 61.2 Å². The first-order chi connectivity index (χ1) is 29.5. The molecule has 11 aromatic rings. The molecule has 0 atom stereocenters. The third-order valence-electron chi connectivity index (χ3n) is 12.8. The van der Waals surface area contributed by atoms with Gasteiger partial charge in [-0.05, 0) is 81.9 Å². The van der Waals surface area contributed by atoms with Crippen LogP contribution in [0, 0.1) is 0 Å². The summed E-state index contributed by atoms with van der Waals surface area (Å²) in [7, 11) is 0. The van der Waals surface area contributed by atoms with Crippen molar-refractivity contribution in [1.29, 1.82) is 0 Å². The number of nitrogens with zero attached hydrogens (tertiary/aromatic N) is 2. The quantitative estimate of drug-likeness (QED) is 0.168. The van der Waals surface area contributed by atoms with Gasteiger partial charge >= 0.3 is 0 Å². The smallest absolute Gasteiger partial charge is 0.137 e. The van der Waals surface area contributed by atoms with Crippen LogP contribution in [0.4, 0.5) is 17.1 Å². The van der Waals surface area contributed by atoms with E-state index in [0.29, 0.717) is 0 Å². The number of hydrogen-bond acceptors (Lipinski definition) is 2. The van der Waals surface area contributed by atoms with Gasteiger partial charge in [-0.15, -0.1) is 0 Å². The zero-order chi connectivity index (χ0) is 40.0. The van der Waals surface area contributed by atoms with Gasteiger partial charge in [0.2, 0.25) is 0 Å². The van der Waals surface area contributed by atoms with Gasteiger partial charge < -0.3 is 13.9 Å². The molecular weight excluding hydrogens is 729 g/mol. The van der Waals surface area contributed by atoms with Gasteiger partial charge in [-0.1, -0.05) is 166 Å². The maximum Gasteiger partial charge on any atom is 0.137 e. The Morgan fingerprint density at radius 3 is 1.78 bits per heavy atom. The molecule has 0 spiro atoms. The number of furan rings is 1. The van der Waals surface area contributed by atoms with Gasteiger partial charge in [0.15, 0.2) is 0 Å². The highest BCUT2D eigenvalue weighted by molar-refractivity contribution is 6.12. The minimum absolute atomic E-state index is 0.155. The Hall–Kier alpha value is -7.62. The second kappa shape index (κ2) is 13.2. The fourth-order valence-electron chi connectivity index (χ4n) is 9.93. The van der Waals surface area contributed by atoms with E-state index in [1.54, 1.807) is 0 Å². The molecule has 0 radical (unpaired) electrons. The van der Waals surface area contributed by atoms with Gasteiger partial charge in [0.1, 0.15) is 11.2 Å². The lowest BCUT2D eigenvalue weighted by molar-refractivity contribution is 0.660. The average Bonchev–Trinajstić information content (AvgIpc) is 3.92. The molecule has 0 bridgehead atoms. The third-order valence-corrected chi connectivity index (χ3v) is 12.8. The molecule has 2 aromatic heterocycles. The van der Waals surface area contributed by atoms with Crippen LogP contribution in [-0.2, 0) is 5.41 Å². The van der Waals surface area contributed by atoms with Crippen molar-refractivity contribution in [3.63, 3.8) is 0 Å². The molecule has 60 heavy (non-hydrogen) atoms. The Kier molecular flexibility index (Phi) is 7.58. The van der Waals surface area contributed by atoms with Crippen LogP contribution in [0.5, 0.6) is 0 Å². The highest BCUT2D eigenvalue weighted by atomic mass is 16.3. The summed E-state index contributed by atoms with van der Waals surface area (Å²) in [4.78, 5) is 2.37. The second-order valence-corrected chi connectivity index (χ2v) is 16.5. The first-order valence-corrected chi connectivity index (χ1v) is 20.8. The summed E-state index contributed by atoms with van der Waals surface area (Å²) in [5.74, 6) is 0.